The molecule has 0 radical (unpaired) electrons. The van der Waals surface area contributed by atoms with Crippen LogP contribution >= 0.6 is 34.8 Å². The van der Waals surface area contributed by atoms with Crippen LogP contribution in [0.2, 0.25) is 15.1 Å². The van der Waals surface area contributed by atoms with Crippen molar-refractivity contribution in [2.24, 2.45) is 5.92 Å². The maximum Gasteiger partial charge on any atom is 0.0679 e. The molecule has 0 bridgehead atoms. The van der Waals surface area contributed by atoms with Gasteiger partial charge in [0, 0.05) is 17.1 Å². The number of rotatable bonds is 5. The normalized spacial score (nSPS) is 11.6. The molecule has 0 unspecified atom stereocenters. The number of halogens is 3. The SMILES string of the molecule is CC(C)CNC/C=C/c1c(Cl)ccc(Cl)c1Cl. The van der Waals surface area contributed by atoms with E-state index in [2.05, 4.69) is 19.2 Å². The second-order valence-electron chi connectivity index (χ2n) is 4.21. The van der Waals surface area contributed by atoms with E-state index >= 15 is 0 Å². The van der Waals surface area contributed by atoms with Crippen LogP contribution in [-0.4, -0.2) is 13.1 Å². The van der Waals surface area contributed by atoms with Crippen LogP contribution in [0.1, 0.15) is 19.4 Å². The third-order valence-corrected chi connectivity index (χ3v) is 3.33. The van der Waals surface area contributed by atoms with Crippen molar-refractivity contribution >= 4 is 40.9 Å². The highest BCUT2D eigenvalue weighted by Crippen LogP contribution is 2.32. The van der Waals surface area contributed by atoms with Gasteiger partial charge >= 0.3 is 0 Å². The largest absolute Gasteiger partial charge is 0.313 e. The van der Waals surface area contributed by atoms with Crippen molar-refractivity contribution in [2.75, 3.05) is 13.1 Å². The zero-order valence-electron chi connectivity index (χ0n) is 9.93. The molecule has 1 rings (SSSR count). The van der Waals surface area contributed by atoms with E-state index in [1.54, 1.807) is 12.1 Å². The first-order chi connectivity index (χ1) is 8.02. The van der Waals surface area contributed by atoms with Crippen molar-refractivity contribution < 1.29 is 0 Å². The number of benzene rings is 1. The predicted octanol–water partition coefficient (Wildman–Crippen LogP) is 4.91. The Kier molecular flexibility index (Phi) is 6.35. The summed E-state index contributed by atoms with van der Waals surface area (Å²) in [5.74, 6) is 0.641. The molecular weight excluding hydrogens is 277 g/mol. The van der Waals surface area contributed by atoms with Crippen molar-refractivity contribution in [3.8, 4) is 0 Å². The van der Waals surface area contributed by atoms with Gasteiger partial charge in [0.2, 0.25) is 0 Å². The van der Waals surface area contributed by atoms with Gasteiger partial charge in [-0.15, -0.1) is 0 Å². The highest BCUT2D eigenvalue weighted by atomic mass is 35.5. The molecule has 0 saturated heterocycles. The van der Waals surface area contributed by atoms with Crippen LogP contribution in [-0.2, 0) is 0 Å². The molecule has 1 aromatic rings. The zero-order valence-corrected chi connectivity index (χ0v) is 12.2. The topological polar surface area (TPSA) is 12.0 Å². The lowest BCUT2D eigenvalue weighted by Crippen LogP contribution is -2.19. The van der Waals surface area contributed by atoms with E-state index in [1.165, 1.54) is 0 Å². The Morgan fingerprint density at radius 3 is 2.47 bits per heavy atom. The van der Waals surface area contributed by atoms with Crippen LogP contribution in [0.15, 0.2) is 18.2 Å². The fraction of sp³-hybridized carbons (Fsp3) is 0.385. The van der Waals surface area contributed by atoms with Gasteiger partial charge in [0.15, 0.2) is 0 Å². The van der Waals surface area contributed by atoms with E-state index < -0.39 is 0 Å². The fourth-order valence-electron chi connectivity index (χ4n) is 1.33. The highest BCUT2D eigenvalue weighted by Gasteiger charge is 2.06. The summed E-state index contributed by atoms with van der Waals surface area (Å²) in [6, 6.07) is 3.44. The van der Waals surface area contributed by atoms with Gasteiger partial charge in [-0.2, -0.15) is 0 Å². The Bertz CT molecular complexity index is 400. The number of nitrogens with one attached hydrogen (secondary N) is 1. The minimum Gasteiger partial charge on any atom is -0.313 e. The van der Waals surface area contributed by atoms with E-state index in [0.29, 0.717) is 21.0 Å². The Labute approximate surface area is 118 Å². The average Bonchev–Trinajstić information content (AvgIpc) is 2.27. The maximum atomic E-state index is 6.07. The second kappa shape index (κ2) is 7.27. The number of hydrogen-bond acceptors (Lipinski definition) is 1. The minimum absolute atomic E-state index is 0.499. The van der Waals surface area contributed by atoms with Crippen molar-refractivity contribution in [1.82, 2.24) is 5.32 Å². The summed E-state index contributed by atoms with van der Waals surface area (Å²) in [5, 5.41) is 4.93. The van der Waals surface area contributed by atoms with Crippen molar-refractivity contribution in [3.05, 3.63) is 38.8 Å². The summed E-state index contributed by atoms with van der Waals surface area (Å²) in [7, 11) is 0. The van der Waals surface area contributed by atoms with Gasteiger partial charge in [-0.25, -0.2) is 0 Å². The van der Waals surface area contributed by atoms with Gasteiger partial charge in [-0.05, 0) is 24.6 Å². The molecule has 1 aromatic carbocycles. The average molecular weight is 293 g/mol. The zero-order chi connectivity index (χ0) is 12.8. The van der Waals surface area contributed by atoms with E-state index in [-0.39, 0.29) is 0 Å². The van der Waals surface area contributed by atoms with E-state index in [1.807, 2.05) is 12.2 Å². The van der Waals surface area contributed by atoms with E-state index in [0.717, 1.165) is 18.7 Å². The third kappa shape index (κ3) is 4.89. The van der Waals surface area contributed by atoms with E-state index in [4.69, 9.17) is 34.8 Å². The molecule has 0 amide bonds. The molecule has 0 aromatic heterocycles. The van der Waals surface area contributed by atoms with Gasteiger partial charge in [-0.1, -0.05) is 60.8 Å². The molecule has 0 aliphatic carbocycles. The summed E-state index contributed by atoms with van der Waals surface area (Å²) in [6.45, 7) is 6.11. The molecular formula is C13H16Cl3N. The molecule has 17 heavy (non-hydrogen) atoms. The van der Waals surface area contributed by atoms with Crippen molar-refractivity contribution in [2.45, 2.75) is 13.8 Å². The summed E-state index contributed by atoms with van der Waals surface area (Å²) in [6.07, 6.45) is 3.88. The lowest BCUT2D eigenvalue weighted by molar-refractivity contribution is 0.577. The lowest BCUT2D eigenvalue weighted by Gasteiger charge is -2.05. The van der Waals surface area contributed by atoms with Gasteiger partial charge in [0.1, 0.15) is 0 Å². The Morgan fingerprint density at radius 2 is 1.82 bits per heavy atom. The molecule has 0 fully saturated rings. The molecule has 0 heterocycles. The van der Waals surface area contributed by atoms with Gasteiger partial charge in [0.05, 0.1) is 10.0 Å². The fourth-order valence-corrected chi connectivity index (χ4v) is 1.99. The van der Waals surface area contributed by atoms with Crippen LogP contribution in [0.5, 0.6) is 0 Å². The summed E-state index contributed by atoms with van der Waals surface area (Å²) in [5.41, 5.74) is 0.771. The summed E-state index contributed by atoms with van der Waals surface area (Å²) >= 11 is 18.1. The van der Waals surface area contributed by atoms with Crippen LogP contribution in [0, 0.1) is 5.92 Å². The molecule has 0 aliphatic rings. The maximum absolute atomic E-state index is 6.07. The smallest absolute Gasteiger partial charge is 0.0679 e. The van der Waals surface area contributed by atoms with E-state index in [9.17, 15) is 0 Å². The Morgan fingerprint density at radius 1 is 1.18 bits per heavy atom. The summed E-state index contributed by atoms with van der Waals surface area (Å²) in [4.78, 5) is 0. The molecule has 0 spiro atoms. The molecule has 94 valence electrons. The first-order valence-electron chi connectivity index (χ1n) is 5.53. The van der Waals surface area contributed by atoms with Crippen molar-refractivity contribution in [3.63, 3.8) is 0 Å². The molecule has 1 N–H and O–H groups in total. The lowest BCUT2D eigenvalue weighted by atomic mass is 10.2. The second-order valence-corrected chi connectivity index (χ2v) is 5.40. The van der Waals surface area contributed by atoms with Crippen LogP contribution in [0.25, 0.3) is 6.08 Å². The highest BCUT2D eigenvalue weighted by molar-refractivity contribution is 6.44. The van der Waals surface area contributed by atoms with Gasteiger partial charge in [0.25, 0.3) is 0 Å². The molecule has 1 nitrogen and oxygen atoms in total. The molecule has 4 heteroatoms. The van der Waals surface area contributed by atoms with Gasteiger partial charge in [-0.3, -0.25) is 0 Å². The molecule has 0 saturated carbocycles. The first-order valence-corrected chi connectivity index (χ1v) is 6.66. The minimum atomic E-state index is 0.499. The third-order valence-electron chi connectivity index (χ3n) is 2.18. The summed E-state index contributed by atoms with van der Waals surface area (Å²) < 4.78 is 0. The Balaban J connectivity index is 2.62. The monoisotopic (exact) mass is 291 g/mol. The predicted molar refractivity (Wildman–Crippen MR) is 78.2 cm³/mol. The standard InChI is InChI=1S/C13H16Cl3N/c1-9(2)8-17-7-3-4-10-11(14)5-6-12(15)13(10)16/h3-6,9,17H,7-8H2,1-2H3/b4-3+. The molecule has 0 aliphatic heterocycles. The van der Waals surface area contributed by atoms with Crippen LogP contribution in [0.4, 0.5) is 0 Å². The molecule has 0 atom stereocenters. The first kappa shape index (κ1) is 14.8. The van der Waals surface area contributed by atoms with Crippen molar-refractivity contribution in [1.29, 1.82) is 0 Å². The number of hydrogen-bond donors (Lipinski definition) is 1. The Hall–Kier alpha value is -0.210. The van der Waals surface area contributed by atoms with Crippen LogP contribution in [0.3, 0.4) is 0 Å². The van der Waals surface area contributed by atoms with Crippen LogP contribution < -0.4 is 5.32 Å². The quantitative estimate of drug-likeness (QED) is 0.601. The van der Waals surface area contributed by atoms with Gasteiger partial charge < -0.3 is 5.32 Å².